The first-order valence-corrected chi connectivity index (χ1v) is 10.8. The van der Waals surface area contributed by atoms with Crippen molar-refractivity contribution < 1.29 is 18.7 Å². The highest BCUT2D eigenvalue weighted by Crippen LogP contribution is 2.43. The van der Waals surface area contributed by atoms with Crippen LogP contribution in [0.25, 0.3) is 0 Å². The molecule has 0 radical (unpaired) electrons. The molecule has 1 unspecified atom stereocenters. The van der Waals surface area contributed by atoms with Crippen molar-refractivity contribution in [1.29, 1.82) is 0 Å². The van der Waals surface area contributed by atoms with Crippen molar-refractivity contribution in [3.63, 3.8) is 0 Å². The van der Waals surface area contributed by atoms with Crippen LogP contribution in [0.1, 0.15) is 26.9 Å². The normalized spacial score (nSPS) is 15.8. The van der Waals surface area contributed by atoms with Crippen LogP contribution < -0.4 is 15.0 Å². The van der Waals surface area contributed by atoms with Gasteiger partial charge in [-0.05, 0) is 66.6 Å². The maximum atomic E-state index is 14.4. The first-order chi connectivity index (χ1) is 15.0. The molecule has 1 aliphatic rings. The van der Waals surface area contributed by atoms with Gasteiger partial charge in [-0.2, -0.15) is 0 Å². The van der Waals surface area contributed by atoms with E-state index in [2.05, 4.69) is 5.32 Å². The average molecular weight is 437 g/mol. The van der Waals surface area contributed by atoms with Crippen molar-refractivity contribution in [2.24, 2.45) is 0 Å². The van der Waals surface area contributed by atoms with Crippen molar-refractivity contribution in [3.8, 4) is 5.75 Å². The molecule has 1 atom stereocenters. The Morgan fingerprint density at radius 2 is 1.81 bits per heavy atom. The molecule has 4 rings (SSSR count). The zero-order valence-corrected chi connectivity index (χ0v) is 17.9. The van der Waals surface area contributed by atoms with Crippen LogP contribution in [0.4, 0.5) is 15.8 Å². The summed E-state index contributed by atoms with van der Waals surface area (Å²) in [5.74, 6) is 0.184. The molecule has 0 aliphatic carbocycles. The fraction of sp³-hybridized carbons (Fsp3) is 0.167. The molecule has 1 saturated heterocycles. The van der Waals surface area contributed by atoms with Gasteiger partial charge in [0.2, 0.25) is 5.91 Å². The van der Waals surface area contributed by atoms with Gasteiger partial charge in [0.25, 0.3) is 5.91 Å². The molecule has 31 heavy (non-hydrogen) atoms. The highest BCUT2D eigenvalue weighted by molar-refractivity contribution is 8.00. The lowest BCUT2D eigenvalue weighted by atomic mass is 10.1. The lowest BCUT2D eigenvalue weighted by Crippen LogP contribution is -2.28. The average Bonchev–Trinajstić information content (AvgIpc) is 3.17. The van der Waals surface area contributed by atoms with Crippen LogP contribution in [0.5, 0.6) is 5.75 Å². The van der Waals surface area contributed by atoms with E-state index >= 15 is 0 Å². The molecule has 3 aromatic rings. The zero-order chi connectivity index (χ0) is 22.0. The number of benzene rings is 3. The maximum absolute atomic E-state index is 14.4. The van der Waals surface area contributed by atoms with Crippen molar-refractivity contribution >= 4 is 35.0 Å². The number of hydrogen-bond donors (Lipinski definition) is 1. The summed E-state index contributed by atoms with van der Waals surface area (Å²) in [5, 5.41) is 2.53. The van der Waals surface area contributed by atoms with Gasteiger partial charge in [-0.25, -0.2) is 4.39 Å². The molecule has 0 saturated carbocycles. The summed E-state index contributed by atoms with van der Waals surface area (Å²) in [7, 11) is 1.57. The summed E-state index contributed by atoms with van der Waals surface area (Å²) < 4.78 is 19.5. The number of rotatable bonds is 5. The third-order valence-corrected chi connectivity index (χ3v) is 6.25. The molecule has 1 heterocycles. The number of carbonyl (C=O) groups is 2. The fourth-order valence-electron chi connectivity index (χ4n) is 3.42. The molecule has 0 aromatic heterocycles. The van der Waals surface area contributed by atoms with Crippen LogP contribution in [0.3, 0.4) is 0 Å². The third-order valence-electron chi connectivity index (χ3n) is 5.03. The molecule has 1 fully saturated rings. The maximum Gasteiger partial charge on any atom is 0.255 e. The number of thioether (sulfide) groups is 1. The first kappa shape index (κ1) is 20.9. The van der Waals surface area contributed by atoms with Crippen LogP contribution in [0.15, 0.2) is 66.7 Å². The van der Waals surface area contributed by atoms with Gasteiger partial charge in [0.15, 0.2) is 0 Å². The lowest BCUT2D eigenvalue weighted by Gasteiger charge is -2.25. The molecule has 0 bridgehead atoms. The van der Waals surface area contributed by atoms with Gasteiger partial charge < -0.3 is 10.1 Å². The van der Waals surface area contributed by atoms with E-state index in [1.165, 1.54) is 22.7 Å². The molecular weight excluding hydrogens is 415 g/mol. The zero-order valence-electron chi connectivity index (χ0n) is 17.1. The standard InChI is InChI=1S/C24H21FN2O3S/c1-15-3-12-20(25)21(13-15)27-22(28)14-31-24(27)17-4-8-18(9-5-17)26-23(29)16-6-10-19(30-2)11-7-16/h3-13,24H,14H2,1-2H3,(H,26,29). The Morgan fingerprint density at radius 1 is 1.10 bits per heavy atom. The van der Waals surface area contributed by atoms with Gasteiger partial charge in [0.1, 0.15) is 16.9 Å². The fourth-order valence-corrected chi connectivity index (χ4v) is 4.58. The molecule has 5 nitrogen and oxygen atoms in total. The number of nitrogens with zero attached hydrogens (tertiary/aromatic N) is 1. The Labute approximate surface area is 184 Å². The molecule has 1 N–H and O–H groups in total. The van der Waals surface area contributed by atoms with Gasteiger partial charge in [0, 0.05) is 11.3 Å². The first-order valence-electron chi connectivity index (χ1n) is 9.71. The molecular formula is C24H21FN2O3S. The van der Waals surface area contributed by atoms with Crippen molar-refractivity contribution in [2.45, 2.75) is 12.3 Å². The number of anilines is 2. The number of ether oxygens (including phenoxy) is 1. The number of halogens is 1. The minimum Gasteiger partial charge on any atom is -0.497 e. The summed E-state index contributed by atoms with van der Waals surface area (Å²) in [6, 6.07) is 18.9. The molecule has 3 aromatic carbocycles. The van der Waals surface area contributed by atoms with E-state index in [1.807, 2.05) is 19.1 Å². The van der Waals surface area contributed by atoms with Gasteiger partial charge in [-0.3, -0.25) is 14.5 Å². The number of methoxy groups -OCH3 is 1. The van der Waals surface area contributed by atoms with E-state index in [0.717, 1.165) is 11.1 Å². The van der Waals surface area contributed by atoms with Crippen LogP contribution in [-0.4, -0.2) is 24.7 Å². The van der Waals surface area contributed by atoms with E-state index < -0.39 is 5.82 Å². The number of aryl methyl sites for hydroxylation is 1. The Kier molecular flexibility index (Phi) is 5.95. The molecule has 7 heteroatoms. The van der Waals surface area contributed by atoms with Crippen LogP contribution in [-0.2, 0) is 4.79 Å². The van der Waals surface area contributed by atoms with Crippen LogP contribution in [0.2, 0.25) is 0 Å². The topological polar surface area (TPSA) is 58.6 Å². The summed E-state index contributed by atoms with van der Waals surface area (Å²) in [5.41, 5.74) is 3.18. The van der Waals surface area contributed by atoms with Gasteiger partial charge in [-0.1, -0.05) is 18.2 Å². The molecule has 1 aliphatic heterocycles. The number of nitrogens with one attached hydrogen (secondary N) is 1. The lowest BCUT2D eigenvalue weighted by molar-refractivity contribution is -0.115. The highest BCUT2D eigenvalue weighted by Gasteiger charge is 2.35. The van der Waals surface area contributed by atoms with E-state index in [1.54, 1.807) is 55.6 Å². The third kappa shape index (κ3) is 4.41. The number of carbonyl (C=O) groups excluding carboxylic acids is 2. The van der Waals surface area contributed by atoms with E-state index in [9.17, 15) is 14.0 Å². The summed E-state index contributed by atoms with van der Waals surface area (Å²) in [6.45, 7) is 1.87. The van der Waals surface area contributed by atoms with Gasteiger partial charge in [-0.15, -0.1) is 11.8 Å². The van der Waals surface area contributed by atoms with Gasteiger partial charge >= 0.3 is 0 Å². The number of hydrogen-bond acceptors (Lipinski definition) is 4. The minimum atomic E-state index is -0.421. The van der Waals surface area contributed by atoms with Crippen molar-refractivity contribution in [3.05, 3.63) is 89.2 Å². The van der Waals surface area contributed by atoms with E-state index in [0.29, 0.717) is 17.0 Å². The Balaban J connectivity index is 1.52. The highest BCUT2D eigenvalue weighted by atomic mass is 32.2. The number of amides is 2. The van der Waals surface area contributed by atoms with Crippen LogP contribution in [0, 0.1) is 12.7 Å². The molecule has 0 spiro atoms. The Hall–Kier alpha value is -3.32. The van der Waals surface area contributed by atoms with Crippen molar-refractivity contribution in [2.75, 3.05) is 23.1 Å². The Bertz CT molecular complexity index is 1120. The predicted molar refractivity (Wildman–Crippen MR) is 121 cm³/mol. The molecule has 158 valence electrons. The van der Waals surface area contributed by atoms with E-state index in [-0.39, 0.29) is 28.6 Å². The van der Waals surface area contributed by atoms with E-state index in [4.69, 9.17) is 4.74 Å². The molecule has 2 amide bonds. The second-order valence-corrected chi connectivity index (χ2v) is 8.26. The quantitative estimate of drug-likeness (QED) is 0.599. The SMILES string of the molecule is COc1ccc(C(=O)Nc2ccc(C3SCC(=O)N3c3cc(C)ccc3F)cc2)cc1. The summed E-state index contributed by atoms with van der Waals surface area (Å²) in [4.78, 5) is 26.5. The Morgan fingerprint density at radius 3 is 2.48 bits per heavy atom. The second-order valence-electron chi connectivity index (χ2n) is 7.19. The summed E-state index contributed by atoms with van der Waals surface area (Å²) >= 11 is 1.45. The van der Waals surface area contributed by atoms with Crippen LogP contribution >= 0.6 is 11.8 Å². The largest absolute Gasteiger partial charge is 0.497 e. The second kappa shape index (κ2) is 8.81. The minimum absolute atomic E-state index is 0.128. The summed E-state index contributed by atoms with van der Waals surface area (Å²) in [6.07, 6.45) is 0. The monoisotopic (exact) mass is 436 g/mol. The van der Waals surface area contributed by atoms with Crippen molar-refractivity contribution in [1.82, 2.24) is 0 Å². The smallest absolute Gasteiger partial charge is 0.255 e. The predicted octanol–water partition coefficient (Wildman–Crippen LogP) is 5.17. The van der Waals surface area contributed by atoms with Gasteiger partial charge in [0.05, 0.1) is 18.6 Å².